The van der Waals surface area contributed by atoms with Crippen molar-refractivity contribution in [1.82, 2.24) is 0 Å². The Hall–Kier alpha value is -4.18. The van der Waals surface area contributed by atoms with E-state index in [1.807, 2.05) is 36.5 Å². The summed E-state index contributed by atoms with van der Waals surface area (Å²) in [5, 5.41) is 0. The summed E-state index contributed by atoms with van der Waals surface area (Å²) >= 11 is 0. The second kappa shape index (κ2) is 15.8. The van der Waals surface area contributed by atoms with Crippen molar-refractivity contribution in [3.05, 3.63) is 131 Å². The first-order valence-electron chi connectivity index (χ1n) is 13.2. The van der Waals surface area contributed by atoms with Crippen molar-refractivity contribution in [2.24, 2.45) is 0 Å². The lowest BCUT2D eigenvalue weighted by molar-refractivity contribution is -0.138. The van der Waals surface area contributed by atoms with Gasteiger partial charge in [0.1, 0.15) is 0 Å². The first-order valence-corrected chi connectivity index (χ1v) is 13.2. The summed E-state index contributed by atoms with van der Waals surface area (Å²) < 4.78 is 9.77. The first kappa shape index (κ1) is 28.4. The fourth-order valence-electron chi connectivity index (χ4n) is 4.15. The Balaban J connectivity index is 1.71. The second-order valence-electron chi connectivity index (χ2n) is 8.78. The zero-order chi connectivity index (χ0) is 27.0. The fourth-order valence-corrected chi connectivity index (χ4v) is 4.15. The maximum Gasteiger partial charge on any atom is 0.330 e. The molecule has 0 saturated heterocycles. The predicted molar refractivity (Wildman–Crippen MR) is 156 cm³/mol. The largest absolute Gasteiger partial charge is 0.463 e. The van der Waals surface area contributed by atoms with Crippen LogP contribution in [0.5, 0.6) is 0 Å². The number of hydrogen-bond acceptors (Lipinski definition) is 4. The summed E-state index contributed by atoms with van der Waals surface area (Å²) in [7, 11) is 0. The normalized spacial score (nSPS) is 13.9. The summed E-state index contributed by atoms with van der Waals surface area (Å²) in [5.41, 5.74) is 7.71. The van der Waals surface area contributed by atoms with E-state index in [0.717, 1.165) is 25.7 Å². The van der Waals surface area contributed by atoms with E-state index < -0.39 is 0 Å². The Morgan fingerprint density at radius 2 is 1.03 bits per heavy atom. The Labute approximate surface area is 226 Å². The summed E-state index contributed by atoms with van der Waals surface area (Å²) in [4.78, 5) is 22.8. The van der Waals surface area contributed by atoms with Gasteiger partial charge in [-0.2, -0.15) is 0 Å². The van der Waals surface area contributed by atoms with Crippen LogP contribution in [-0.4, -0.2) is 25.2 Å². The Morgan fingerprint density at radius 1 is 0.605 bits per heavy atom. The highest BCUT2D eigenvalue weighted by atomic mass is 16.5. The zero-order valence-corrected chi connectivity index (χ0v) is 22.3. The van der Waals surface area contributed by atoms with Crippen LogP contribution in [0.1, 0.15) is 47.2 Å². The molecule has 0 unspecified atom stereocenters. The van der Waals surface area contributed by atoms with Gasteiger partial charge in [-0.05, 0) is 72.9 Å². The zero-order valence-electron chi connectivity index (χ0n) is 22.3. The Kier molecular flexibility index (Phi) is 11.8. The van der Waals surface area contributed by atoms with Crippen molar-refractivity contribution >= 4 is 24.1 Å². The number of carbonyl (C=O) groups excluding carboxylic acids is 2. The lowest BCUT2D eigenvalue weighted by Gasteiger charge is -2.14. The molecule has 0 spiro atoms. The van der Waals surface area contributed by atoms with Crippen LogP contribution in [0.15, 0.2) is 97.2 Å². The van der Waals surface area contributed by atoms with Crippen LogP contribution in [0.4, 0.5) is 0 Å². The molecule has 4 aliphatic rings. The average molecular weight is 509 g/mol. The highest BCUT2D eigenvalue weighted by Crippen LogP contribution is 2.23. The summed E-state index contributed by atoms with van der Waals surface area (Å²) in [5.74, 6) is -0.664. The Bertz CT molecular complexity index is 1170. The number of hydrogen-bond donors (Lipinski definition) is 0. The highest BCUT2D eigenvalue weighted by Gasteiger charge is 2.09. The average Bonchev–Trinajstić information content (AvgIpc) is 2.90. The molecule has 2 aromatic carbocycles. The van der Waals surface area contributed by atoms with Gasteiger partial charge in [0, 0.05) is 12.2 Å². The van der Waals surface area contributed by atoms with E-state index in [1.54, 1.807) is 26.0 Å². The van der Waals surface area contributed by atoms with Gasteiger partial charge in [-0.3, -0.25) is 0 Å². The summed E-state index contributed by atoms with van der Waals surface area (Å²) in [6.07, 6.45) is 25.8. The van der Waals surface area contributed by atoms with Gasteiger partial charge in [0.25, 0.3) is 0 Å². The smallest absolute Gasteiger partial charge is 0.330 e. The number of allylic oxidation sites excluding steroid dienone is 8. The van der Waals surface area contributed by atoms with Crippen molar-refractivity contribution in [3.63, 3.8) is 0 Å². The van der Waals surface area contributed by atoms with Crippen LogP contribution in [-0.2, 0) is 44.7 Å². The molecule has 2 aromatic rings. The SMILES string of the molecule is CCOC(=O)/C=C/C=C/C=C/c1cc2ccc1CCc1ccc(cc1/C=C/C=C/C=C/C(=O)OCC)CC2. The third-order valence-corrected chi connectivity index (χ3v) is 6.04. The van der Waals surface area contributed by atoms with E-state index in [1.165, 1.54) is 45.5 Å². The van der Waals surface area contributed by atoms with Crippen molar-refractivity contribution < 1.29 is 19.1 Å². The van der Waals surface area contributed by atoms with Crippen LogP contribution in [0.2, 0.25) is 0 Å². The topological polar surface area (TPSA) is 52.6 Å². The molecule has 0 heterocycles. The van der Waals surface area contributed by atoms with E-state index in [0.29, 0.717) is 13.2 Å². The van der Waals surface area contributed by atoms with E-state index in [9.17, 15) is 9.59 Å². The van der Waals surface area contributed by atoms with Gasteiger partial charge >= 0.3 is 11.9 Å². The van der Waals surface area contributed by atoms with Crippen LogP contribution < -0.4 is 0 Å². The van der Waals surface area contributed by atoms with Gasteiger partial charge in [-0.1, -0.05) is 97.2 Å². The second-order valence-corrected chi connectivity index (χ2v) is 8.78. The summed E-state index contributed by atoms with van der Waals surface area (Å²) in [6, 6.07) is 13.6. The molecule has 0 aliphatic heterocycles. The molecule has 0 saturated carbocycles. The van der Waals surface area contributed by atoms with Crippen LogP contribution in [0.3, 0.4) is 0 Å². The van der Waals surface area contributed by atoms with Crippen molar-refractivity contribution in [1.29, 1.82) is 0 Å². The van der Waals surface area contributed by atoms with Crippen molar-refractivity contribution in [2.75, 3.05) is 13.2 Å². The number of carbonyl (C=O) groups is 2. The molecular formula is C34H36O4. The molecule has 196 valence electrons. The highest BCUT2D eigenvalue weighted by molar-refractivity contribution is 5.82. The molecule has 4 aliphatic carbocycles. The van der Waals surface area contributed by atoms with E-state index in [2.05, 4.69) is 48.6 Å². The molecule has 0 amide bonds. The van der Waals surface area contributed by atoms with Gasteiger partial charge in [0.05, 0.1) is 13.2 Å². The quantitative estimate of drug-likeness (QED) is 0.198. The molecule has 0 aromatic heterocycles. The maximum absolute atomic E-state index is 11.4. The molecule has 4 bridgehead atoms. The van der Waals surface area contributed by atoms with Gasteiger partial charge < -0.3 is 9.47 Å². The van der Waals surface area contributed by atoms with Gasteiger partial charge in [0.15, 0.2) is 0 Å². The maximum atomic E-state index is 11.4. The van der Waals surface area contributed by atoms with Crippen LogP contribution in [0.25, 0.3) is 12.2 Å². The molecule has 4 heteroatoms. The third-order valence-electron chi connectivity index (χ3n) is 6.04. The molecular weight excluding hydrogens is 472 g/mol. The van der Waals surface area contributed by atoms with Crippen molar-refractivity contribution in [2.45, 2.75) is 39.5 Å². The third kappa shape index (κ3) is 9.70. The molecule has 38 heavy (non-hydrogen) atoms. The Morgan fingerprint density at radius 3 is 1.45 bits per heavy atom. The summed E-state index contributed by atoms with van der Waals surface area (Å²) in [6.45, 7) is 4.33. The molecule has 0 N–H and O–H groups in total. The van der Waals surface area contributed by atoms with Gasteiger partial charge in [-0.15, -0.1) is 0 Å². The molecule has 6 rings (SSSR count). The minimum Gasteiger partial charge on any atom is -0.463 e. The molecule has 0 radical (unpaired) electrons. The van der Waals surface area contributed by atoms with E-state index in [4.69, 9.17) is 9.47 Å². The van der Waals surface area contributed by atoms with Gasteiger partial charge in [0.2, 0.25) is 0 Å². The number of esters is 2. The standard InChI is InChI=1S/C34H36O4/c1-3-37-33(35)15-11-7-5-9-13-31-25-27-17-18-28-20-22-30(24-23-29(31)21-19-27)32(26-28)14-10-6-8-12-16-34(36)38-4-2/h5-16,19-22,25-26H,3-4,17-18,23-24H2,1-2H3/b7-5+,8-6+,13-9+,14-10+,15-11+,16-12+. The monoisotopic (exact) mass is 508 g/mol. The number of benzene rings is 2. The number of rotatable bonds is 10. The fraction of sp³-hybridized carbons (Fsp3) is 0.235. The van der Waals surface area contributed by atoms with E-state index >= 15 is 0 Å². The molecule has 0 atom stereocenters. The number of ether oxygens (including phenoxy) is 2. The first-order chi connectivity index (χ1) is 18.6. The van der Waals surface area contributed by atoms with E-state index in [-0.39, 0.29) is 11.9 Å². The minimum absolute atomic E-state index is 0.332. The lowest BCUT2D eigenvalue weighted by Crippen LogP contribution is -2.02. The minimum atomic E-state index is -0.332. The molecule has 0 fully saturated rings. The van der Waals surface area contributed by atoms with Gasteiger partial charge in [-0.25, -0.2) is 9.59 Å². The molecule has 4 nitrogen and oxygen atoms in total. The number of aryl methyl sites for hydroxylation is 4. The van der Waals surface area contributed by atoms with Crippen molar-refractivity contribution in [3.8, 4) is 0 Å². The van der Waals surface area contributed by atoms with Crippen LogP contribution in [0, 0.1) is 0 Å². The predicted octanol–water partition coefficient (Wildman–Crippen LogP) is 6.95. The van der Waals surface area contributed by atoms with Crippen LogP contribution >= 0.6 is 0 Å². The lowest BCUT2D eigenvalue weighted by atomic mass is 9.91.